The van der Waals surface area contributed by atoms with E-state index in [2.05, 4.69) is 38.4 Å². The topological polar surface area (TPSA) is 74.0 Å². The van der Waals surface area contributed by atoms with E-state index in [1.807, 2.05) is 31.2 Å². The van der Waals surface area contributed by atoms with E-state index in [0.717, 1.165) is 22.3 Å². The summed E-state index contributed by atoms with van der Waals surface area (Å²) in [6.07, 6.45) is 6.42. The van der Waals surface area contributed by atoms with Gasteiger partial charge in [0, 0.05) is 12.1 Å². The lowest BCUT2D eigenvalue weighted by Crippen LogP contribution is -2.15. The maximum absolute atomic E-state index is 12.1. The van der Waals surface area contributed by atoms with Crippen LogP contribution in [0.15, 0.2) is 47.3 Å². The summed E-state index contributed by atoms with van der Waals surface area (Å²) < 4.78 is 10.1. The third-order valence-corrected chi connectivity index (χ3v) is 4.98. The molecule has 0 aliphatic carbocycles. The molecular formula is C19H22BrN5O2. The molecule has 0 radical (unpaired) electrons. The van der Waals surface area contributed by atoms with Gasteiger partial charge in [-0.2, -0.15) is 10.2 Å². The molecule has 3 rings (SSSR count). The number of halogens is 1. The molecule has 0 spiro atoms. The minimum Gasteiger partial charge on any atom is -0.471 e. The highest BCUT2D eigenvalue weighted by Crippen LogP contribution is 2.15. The van der Waals surface area contributed by atoms with Crippen molar-refractivity contribution in [2.45, 2.75) is 40.0 Å². The molecule has 1 N–H and O–H groups in total. The smallest absolute Gasteiger partial charge is 0.226 e. The fraction of sp³-hybridized carbons (Fsp3) is 0.316. The predicted octanol–water partition coefficient (Wildman–Crippen LogP) is 3.78. The van der Waals surface area contributed by atoms with Gasteiger partial charge >= 0.3 is 0 Å². The molecule has 27 heavy (non-hydrogen) atoms. The Morgan fingerprint density at radius 2 is 2.00 bits per heavy atom. The van der Waals surface area contributed by atoms with Crippen molar-refractivity contribution in [3.05, 3.63) is 58.6 Å². The number of anilines is 1. The third kappa shape index (κ3) is 5.19. The molecule has 0 saturated carbocycles. The van der Waals surface area contributed by atoms with E-state index in [4.69, 9.17) is 4.74 Å². The van der Waals surface area contributed by atoms with Gasteiger partial charge in [0.2, 0.25) is 5.91 Å². The van der Waals surface area contributed by atoms with Gasteiger partial charge in [-0.3, -0.25) is 9.48 Å². The number of aryl methyl sites for hydroxylation is 2. The van der Waals surface area contributed by atoms with E-state index >= 15 is 0 Å². The average molecular weight is 432 g/mol. The van der Waals surface area contributed by atoms with Crippen LogP contribution in [0.3, 0.4) is 0 Å². The number of aromatic nitrogens is 4. The second-order valence-electron chi connectivity index (χ2n) is 6.14. The molecule has 2 heterocycles. The molecule has 0 aliphatic rings. The Hall–Kier alpha value is -2.61. The maximum Gasteiger partial charge on any atom is 0.226 e. The van der Waals surface area contributed by atoms with Crippen LogP contribution in [-0.2, 0) is 24.5 Å². The molecule has 0 bridgehead atoms. The van der Waals surface area contributed by atoms with Crippen molar-refractivity contribution in [2.75, 3.05) is 5.32 Å². The van der Waals surface area contributed by atoms with E-state index in [-0.39, 0.29) is 12.6 Å². The minimum absolute atomic E-state index is 0.0864. The van der Waals surface area contributed by atoms with Gasteiger partial charge in [0.05, 0.1) is 35.3 Å². The normalized spacial score (nSPS) is 10.8. The van der Waals surface area contributed by atoms with Gasteiger partial charge in [0.25, 0.3) is 0 Å². The quantitative estimate of drug-likeness (QED) is 0.588. The first-order chi connectivity index (χ1) is 13.0. The highest BCUT2D eigenvalue weighted by atomic mass is 79.9. The first-order valence-electron chi connectivity index (χ1n) is 8.77. The summed E-state index contributed by atoms with van der Waals surface area (Å²) in [4.78, 5) is 12.1. The number of nitrogens with one attached hydrogen (secondary N) is 1. The molecule has 0 atom stereocenters. The highest BCUT2D eigenvalue weighted by molar-refractivity contribution is 9.10. The van der Waals surface area contributed by atoms with Crippen LogP contribution >= 0.6 is 15.9 Å². The van der Waals surface area contributed by atoms with Gasteiger partial charge in [0.15, 0.2) is 6.73 Å². The third-order valence-electron chi connectivity index (χ3n) is 4.21. The van der Waals surface area contributed by atoms with E-state index in [1.165, 1.54) is 5.56 Å². The van der Waals surface area contributed by atoms with E-state index < -0.39 is 0 Å². The van der Waals surface area contributed by atoms with Crippen molar-refractivity contribution >= 4 is 27.5 Å². The summed E-state index contributed by atoms with van der Waals surface area (Å²) in [6, 6.07) is 7.98. The number of carbonyl (C=O) groups is 1. The molecule has 8 heteroatoms. The first-order valence-corrected chi connectivity index (χ1v) is 9.56. The number of nitrogens with zero attached hydrogens (tertiary/aromatic N) is 4. The molecule has 1 aromatic carbocycles. The van der Waals surface area contributed by atoms with Gasteiger partial charge < -0.3 is 10.1 Å². The van der Waals surface area contributed by atoms with Crippen LogP contribution in [-0.4, -0.2) is 25.5 Å². The van der Waals surface area contributed by atoms with Crippen molar-refractivity contribution in [3.8, 4) is 5.75 Å². The van der Waals surface area contributed by atoms with Gasteiger partial charge in [-0.1, -0.05) is 19.1 Å². The second kappa shape index (κ2) is 8.85. The van der Waals surface area contributed by atoms with Crippen LogP contribution < -0.4 is 10.1 Å². The molecule has 2 aromatic heterocycles. The van der Waals surface area contributed by atoms with Crippen molar-refractivity contribution < 1.29 is 9.53 Å². The number of benzene rings is 1. The van der Waals surface area contributed by atoms with Crippen LogP contribution in [0.2, 0.25) is 0 Å². The van der Waals surface area contributed by atoms with Crippen LogP contribution in [0.4, 0.5) is 5.69 Å². The Morgan fingerprint density at radius 1 is 1.22 bits per heavy atom. The standard InChI is InChI=1S/C19H22BrN5O2/c1-3-15-4-6-17(7-5-15)27-13-24-12-16(10-21-24)23-19(26)8-9-25-14(2)18(20)11-22-25/h4-7,10-12H,3,8-9,13H2,1-2H3,(H,23,26). The zero-order chi connectivity index (χ0) is 19.2. The van der Waals surface area contributed by atoms with Gasteiger partial charge in [-0.25, -0.2) is 4.68 Å². The predicted molar refractivity (Wildman–Crippen MR) is 107 cm³/mol. The van der Waals surface area contributed by atoms with Crippen molar-refractivity contribution in [1.29, 1.82) is 0 Å². The lowest BCUT2D eigenvalue weighted by Gasteiger charge is -2.07. The molecule has 0 unspecified atom stereocenters. The maximum atomic E-state index is 12.1. The van der Waals surface area contributed by atoms with Crippen molar-refractivity contribution in [2.24, 2.45) is 0 Å². The molecule has 142 valence electrons. The van der Waals surface area contributed by atoms with Gasteiger partial charge in [0.1, 0.15) is 5.75 Å². The number of carbonyl (C=O) groups excluding carboxylic acids is 1. The van der Waals surface area contributed by atoms with Crippen LogP contribution in [0.1, 0.15) is 24.6 Å². The van der Waals surface area contributed by atoms with Gasteiger partial charge in [-0.05, 0) is 47.0 Å². The number of amides is 1. The Labute approximate surface area is 166 Å². The lowest BCUT2D eigenvalue weighted by atomic mass is 10.2. The number of hydrogen-bond donors (Lipinski definition) is 1. The molecule has 0 aliphatic heterocycles. The zero-order valence-electron chi connectivity index (χ0n) is 15.4. The van der Waals surface area contributed by atoms with Crippen molar-refractivity contribution in [3.63, 3.8) is 0 Å². The fourth-order valence-corrected chi connectivity index (χ4v) is 2.84. The molecular weight excluding hydrogens is 410 g/mol. The summed E-state index contributed by atoms with van der Waals surface area (Å²) in [5.74, 6) is 0.700. The molecule has 7 nitrogen and oxygen atoms in total. The minimum atomic E-state index is -0.0864. The zero-order valence-corrected chi connectivity index (χ0v) is 16.9. The fourth-order valence-electron chi connectivity index (χ4n) is 2.54. The SMILES string of the molecule is CCc1ccc(OCn2cc(NC(=O)CCn3ncc(Br)c3C)cn2)cc1. The number of hydrogen-bond acceptors (Lipinski definition) is 4. The second-order valence-corrected chi connectivity index (χ2v) is 6.99. The highest BCUT2D eigenvalue weighted by Gasteiger charge is 2.08. The largest absolute Gasteiger partial charge is 0.471 e. The summed E-state index contributed by atoms with van der Waals surface area (Å²) in [5.41, 5.74) is 2.91. The first kappa shape index (κ1) is 19.2. The van der Waals surface area contributed by atoms with E-state index in [0.29, 0.717) is 18.7 Å². The monoisotopic (exact) mass is 431 g/mol. The van der Waals surface area contributed by atoms with Crippen molar-refractivity contribution in [1.82, 2.24) is 19.6 Å². The average Bonchev–Trinajstić information content (AvgIpc) is 3.25. The Bertz CT molecular complexity index is 901. The molecule has 1 amide bonds. The summed E-state index contributed by atoms with van der Waals surface area (Å²) in [7, 11) is 0. The lowest BCUT2D eigenvalue weighted by molar-refractivity contribution is -0.116. The Kier molecular flexibility index (Phi) is 6.28. The van der Waals surface area contributed by atoms with Crippen LogP contribution in [0.25, 0.3) is 0 Å². The van der Waals surface area contributed by atoms with E-state index in [9.17, 15) is 4.79 Å². The molecule has 3 aromatic rings. The Balaban J connectivity index is 1.46. The Morgan fingerprint density at radius 3 is 2.67 bits per heavy atom. The molecule has 0 saturated heterocycles. The van der Waals surface area contributed by atoms with Crippen LogP contribution in [0, 0.1) is 6.92 Å². The van der Waals surface area contributed by atoms with E-state index in [1.54, 1.807) is 28.0 Å². The van der Waals surface area contributed by atoms with Crippen LogP contribution in [0.5, 0.6) is 5.75 Å². The summed E-state index contributed by atoms with van der Waals surface area (Å²) in [5, 5.41) is 11.3. The summed E-state index contributed by atoms with van der Waals surface area (Å²) >= 11 is 3.41. The number of rotatable bonds is 8. The number of ether oxygens (including phenoxy) is 1. The summed E-state index contributed by atoms with van der Waals surface area (Å²) in [6.45, 7) is 4.87. The van der Waals surface area contributed by atoms with Gasteiger partial charge in [-0.15, -0.1) is 0 Å². The molecule has 0 fully saturated rings.